The highest BCUT2D eigenvalue weighted by Gasteiger charge is 2.37. The standard InChI is InChI=1S/C32H33N3O8/c1-6-13-42-25-12-10-23(17-28(25)41-5)35-31(38)24(30(37)34-32(35)39)15-21-8-11-26(27(16-21)40-4)43-18-29(36)33-22-9-7-19(2)20(3)14-22/h7-12,14-17H,6,13,18H2,1-5H3,(H,33,36)(H,34,37,39)/b24-15-. The van der Waals surface area contributed by atoms with Crippen LogP contribution in [0.15, 0.2) is 60.2 Å². The fourth-order valence-electron chi connectivity index (χ4n) is 4.24. The predicted molar refractivity (Wildman–Crippen MR) is 161 cm³/mol. The number of nitrogens with one attached hydrogen (secondary N) is 2. The van der Waals surface area contributed by atoms with Crippen LogP contribution in [0.5, 0.6) is 23.0 Å². The number of benzene rings is 3. The summed E-state index contributed by atoms with van der Waals surface area (Å²) >= 11 is 0. The minimum Gasteiger partial charge on any atom is -0.493 e. The summed E-state index contributed by atoms with van der Waals surface area (Å²) in [5.74, 6) is -0.666. The van der Waals surface area contributed by atoms with E-state index in [0.717, 1.165) is 22.4 Å². The van der Waals surface area contributed by atoms with E-state index in [0.29, 0.717) is 29.4 Å². The molecule has 3 aromatic rings. The quantitative estimate of drug-likeness (QED) is 0.242. The minimum absolute atomic E-state index is 0.196. The fraction of sp³-hybridized carbons (Fsp3) is 0.250. The highest BCUT2D eigenvalue weighted by atomic mass is 16.5. The summed E-state index contributed by atoms with van der Waals surface area (Å²) < 4.78 is 22.1. The number of methoxy groups -OCH3 is 2. The number of amides is 5. The highest BCUT2D eigenvalue weighted by Crippen LogP contribution is 2.34. The SMILES string of the molecule is CCCOc1ccc(N2C(=O)NC(=O)/C(=C/c3ccc(OCC(=O)Nc4ccc(C)c(C)c4)c(OC)c3)C2=O)cc1OC. The van der Waals surface area contributed by atoms with Gasteiger partial charge in [-0.3, -0.25) is 19.7 Å². The lowest BCUT2D eigenvalue weighted by Gasteiger charge is -2.27. The van der Waals surface area contributed by atoms with Crippen molar-refractivity contribution in [2.75, 3.05) is 37.7 Å². The molecule has 11 heteroatoms. The smallest absolute Gasteiger partial charge is 0.335 e. The van der Waals surface area contributed by atoms with Crippen LogP contribution in [0.25, 0.3) is 6.08 Å². The van der Waals surface area contributed by atoms with Gasteiger partial charge in [-0.1, -0.05) is 19.1 Å². The van der Waals surface area contributed by atoms with Crippen LogP contribution in [0, 0.1) is 13.8 Å². The van der Waals surface area contributed by atoms with Crippen LogP contribution < -0.4 is 34.5 Å². The van der Waals surface area contributed by atoms with Crippen LogP contribution in [0.2, 0.25) is 0 Å². The number of carbonyl (C=O) groups excluding carboxylic acids is 4. The first kappa shape index (κ1) is 30.6. The lowest BCUT2D eigenvalue weighted by Crippen LogP contribution is -2.54. The largest absolute Gasteiger partial charge is 0.493 e. The average Bonchev–Trinajstić information content (AvgIpc) is 2.99. The molecule has 3 aromatic carbocycles. The molecule has 0 aromatic heterocycles. The molecule has 1 heterocycles. The van der Waals surface area contributed by atoms with E-state index < -0.39 is 17.8 Å². The Labute approximate surface area is 249 Å². The Kier molecular flexibility index (Phi) is 9.66. The Balaban J connectivity index is 1.51. The van der Waals surface area contributed by atoms with Gasteiger partial charge in [0.15, 0.2) is 29.6 Å². The third kappa shape index (κ3) is 7.13. The van der Waals surface area contributed by atoms with E-state index in [1.165, 1.54) is 32.4 Å². The number of urea groups is 1. The van der Waals surface area contributed by atoms with Gasteiger partial charge in [-0.15, -0.1) is 0 Å². The topological polar surface area (TPSA) is 132 Å². The van der Waals surface area contributed by atoms with Gasteiger partial charge in [0.2, 0.25) is 0 Å². The van der Waals surface area contributed by atoms with E-state index in [4.69, 9.17) is 18.9 Å². The molecule has 43 heavy (non-hydrogen) atoms. The van der Waals surface area contributed by atoms with Gasteiger partial charge in [-0.2, -0.15) is 0 Å². The van der Waals surface area contributed by atoms with Crippen LogP contribution in [-0.4, -0.2) is 51.2 Å². The van der Waals surface area contributed by atoms with Crippen LogP contribution in [0.1, 0.15) is 30.0 Å². The molecule has 0 bridgehead atoms. The molecule has 224 valence electrons. The van der Waals surface area contributed by atoms with Crippen molar-refractivity contribution in [3.05, 3.63) is 76.9 Å². The van der Waals surface area contributed by atoms with Crippen molar-refractivity contribution in [2.24, 2.45) is 0 Å². The van der Waals surface area contributed by atoms with Crippen LogP contribution in [0.4, 0.5) is 16.2 Å². The Morgan fingerprint density at radius 3 is 2.26 bits per heavy atom. The summed E-state index contributed by atoms with van der Waals surface area (Å²) in [5.41, 5.74) is 3.19. The maximum absolute atomic E-state index is 13.4. The van der Waals surface area contributed by atoms with Crippen molar-refractivity contribution < 1.29 is 38.1 Å². The molecule has 0 spiro atoms. The maximum atomic E-state index is 13.4. The number of rotatable bonds is 11. The van der Waals surface area contributed by atoms with Gasteiger partial charge in [0.25, 0.3) is 17.7 Å². The van der Waals surface area contributed by atoms with E-state index in [-0.39, 0.29) is 35.3 Å². The molecule has 1 aliphatic rings. The van der Waals surface area contributed by atoms with Crippen molar-refractivity contribution in [1.29, 1.82) is 0 Å². The monoisotopic (exact) mass is 587 g/mol. The van der Waals surface area contributed by atoms with Gasteiger partial charge in [0.1, 0.15) is 5.57 Å². The summed E-state index contributed by atoms with van der Waals surface area (Å²) in [6, 6.07) is 14.0. The summed E-state index contributed by atoms with van der Waals surface area (Å²) in [4.78, 5) is 52.1. The molecule has 1 fully saturated rings. The number of hydrogen-bond acceptors (Lipinski definition) is 8. The number of nitrogens with zero attached hydrogens (tertiary/aromatic N) is 1. The van der Waals surface area contributed by atoms with E-state index in [1.807, 2.05) is 39.0 Å². The van der Waals surface area contributed by atoms with Crippen molar-refractivity contribution in [2.45, 2.75) is 27.2 Å². The second kappa shape index (κ2) is 13.6. The van der Waals surface area contributed by atoms with Gasteiger partial charge >= 0.3 is 6.03 Å². The maximum Gasteiger partial charge on any atom is 0.335 e. The van der Waals surface area contributed by atoms with E-state index in [9.17, 15) is 19.2 Å². The Morgan fingerprint density at radius 1 is 0.860 bits per heavy atom. The first-order chi connectivity index (χ1) is 20.6. The molecular weight excluding hydrogens is 554 g/mol. The average molecular weight is 588 g/mol. The zero-order valence-corrected chi connectivity index (χ0v) is 24.6. The molecule has 0 saturated carbocycles. The molecule has 2 N–H and O–H groups in total. The summed E-state index contributed by atoms with van der Waals surface area (Å²) in [6.07, 6.45) is 2.13. The third-order valence-corrected chi connectivity index (χ3v) is 6.62. The van der Waals surface area contributed by atoms with Crippen molar-refractivity contribution in [3.8, 4) is 23.0 Å². The molecule has 1 aliphatic heterocycles. The molecule has 0 radical (unpaired) electrons. The number of hydrogen-bond donors (Lipinski definition) is 2. The molecular formula is C32H33N3O8. The molecule has 0 aliphatic carbocycles. The predicted octanol–water partition coefficient (Wildman–Crippen LogP) is 4.79. The van der Waals surface area contributed by atoms with Gasteiger partial charge in [-0.25, -0.2) is 9.69 Å². The summed E-state index contributed by atoms with van der Waals surface area (Å²) in [6.45, 7) is 6.11. The minimum atomic E-state index is -0.892. The number of ether oxygens (including phenoxy) is 4. The second-order valence-electron chi connectivity index (χ2n) is 9.69. The number of anilines is 2. The molecule has 1 saturated heterocycles. The van der Waals surface area contributed by atoms with E-state index >= 15 is 0 Å². The Morgan fingerprint density at radius 2 is 1.56 bits per heavy atom. The van der Waals surface area contributed by atoms with Gasteiger partial charge in [0, 0.05) is 11.8 Å². The zero-order valence-electron chi connectivity index (χ0n) is 24.6. The van der Waals surface area contributed by atoms with Gasteiger partial charge in [-0.05, 0) is 79.4 Å². The molecule has 11 nitrogen and oxygen atoms in total. The third-order valence-electron chi connectivity index (χ3n) is 6.62. The summed E-state index contributed by atoms with van der Waals surface area (Å²) in [7, 11) is 2.87. The molecule has 4 rings (SSSR count). The van der Waals surface area contributed by atoms with E-state index in [2.05, 4.69) is 10.6 Å². The normalized spacial score (nSPS) is 13.9. The fourth-order valence-corrected chi connectivity index (χ4v) is 4.24. The van der Waals surface area contributed by atoms with Crippen LogP contribution in [0.3, 0.4) is 0 Å². The van der Waals surface area contributed by atoms with Crippen molar-refractivity contribution >= 4 is 41.2 Å². The number of imide groups is 2. The first-order valence-corrected chi connectivity index (χ1v) is 13.5. The lowest BCUT2D eigenvalue weighted by atomic mass is 10.1. The number of barbiturate groups is 1. The Bertz CT molecular complexity index is 1600. The highest BCUT2D eigenvalue weighted by molar-refractivity contribution is 6.39. The molecule has 0 atom stereocenters. The van der Waals surface area contributed by atoms with Crippen molar-refractivity contribution in [1.82, 2.24) is 5.32 Å². The van der Waals surface area contributed by atoms with Gasteiger partial charge < -0.3 is 24.3 Å². The Hall–Kier alpha value is -5.32. The number of aryl methyl sites for hydroxylation is 2. The van der Waals surface area contributed by atoms with Crippen molar-refractivity contribution in [3.63, 3.8) is 0 Å². The van der Waals surface area contributed by atoms with E-state index in [1.54, 1.807) is 24.3 Å². The lowest BCUT2D eigenvalue weighted by molar-refractivity contribution is -0.122. The number of carbonyl (C=O) groups is 4. The summed E-state index contributed by atoms with van der Waals surface area (Å²) in [5, 5.41) is 4.99. The zero-order chi connectivity index (χ0) is 31.1. The van der Waals surface area contributed by atoms with Crippen LogP contribution in [-0.2, 0) is 14.4 Å². The molecule has 5 amide bonds. The van der Waals surface area contributed by atoms with Gasteiger partial charge in [0.05, 0.1) is 26.5 Å². The second-order valence-corrected chi connectivity index (χ2v) is 9.69. The first-order valence-electron chi connectivity index (χ1n) is 13.5. The molecule has 0 unspecified atom stereocenters. The van der Waals surface area contributed by atoms with Crippen LogP contribution >= 0.6 is 0 Å².